The minimum atomic E-state index is 1.13. The molecule has 0 saturated heterocycles. The first-order valence-corrected chi connectivity index (χ1v) is 14.7. The van der Waals surface area contributed by atoms with Gasteiger partial charge in [0.1, 0.15) is 0 Å². The molecule has 0 aliphatic carbocycles. The predicted molar refractivity (Wildman–Crippen MR) is 178 cm³/mol. The van der Waals surface area contributed by atoms with Crippen LogP contribution in [0.5, 0.6) is 0 Å². The lowest BCUT2D eigenvalue weighted by Gasteiger charge is -2.02. The molecule has 0 atom stereocenters. The largest absolute Gasteiger partial charge is 0.0683 e. The van der Waals surface area contributed by atoms with Gasteiger partial charge in [0.2, 0.25) is 0 Å². The Bertz CT molecular complexity index is 952. The van der Waals surface area contributed by atoms with Crippen molar-refractivity contribution in [3.8, 4) is 0 Å². The van der Waals surface area contributed by atoms with E-state index < -0.39 is 0 Å². The summed E-state index contributed by atoms with van der Waals surface area (Å²) in [6, 6.07) is 38.1. The highest BCUT2D eigenvalue weighted by atomic mass is 14.0. The second-order valence-electron chi connectivity index (χ2n) is 7.79. The molecule has 0 aromatic heterocycles. The predicted octanol–water partition coefficient (Wildman–Crippen LogP) is 12.2. The van der Waals surface area contributed by atoms with E-state index in [1.807, 2.05) is 73.6 Å². The van der Waals surface area contributed by atoms with Gasteiger partial charge in [0.25, 0.3) is 0 Å². The van der Waals surface area contributed by atoms with Crippen molar-refractivity contribution in [1.82, 2.24) is 0 Å². The molecule has 0 spiro atoms. The van der Waals surface area contributed by atoms with Crippen LogP contribution < -0.4 is 0 Å². The fraction of sp³-hybridized carbons (Fsp3) is 0.368. The molecule has 0 aliphatic heterocycles. The third-order valence-electron chi connectivity index (χ3n) is 4.74. The van der Waals surface area contributed by atoms with Crippen molar-refractivity contribution in [3.63, 3.8) is 0 Å². The first-order valence-electron chi connectivity index (χ1n) is 14.7. The summed E-state index contributed by atoms with van der Waals surface area (Å²) < 4.78 is 0. The van der Waals surface area contributed by atoms with E-state index in [4.69, 9.17) is 0 Å². The Morgan fingerprint density at radius 1 is 0.316 bits per heavy atom. The molecule has 38 heavy (non-hydrogen) atoms. The summed E-state index contributed by atoms with van der Waals surface area (Å²) >= 11 is 0. The monoisotopic (exact) mass is 514 g/mol. The Morgan fingerprint density at radius 2 is 0.632 bits per heavy atom. The number of aryl methyl sites for hydroxylation is 6. The molecule has 4 aromatic carbocycles. The molecule has 0 aliphatic rings. The van der Waals surface area contributed by atoms with Crippen LogP contribution in [0.1, 0.15) is 88.8 Å². The number of hydrogen-bond donors (Lipinski definition) is 0. The van der Waals surface area contributed by atoms with Crippen molar-refractivity contribution < 1.29 is 0 Å². The standard InChI is InChI=1S/C15H16.C8H10.C7H8.4C2H6/c1-13-6-5-9-15(12-13)11-10-14-7-3-2-4-8-14;1-7-4-3-5-8(2)6-7;1-7-5-3-2-4-6-7;4*1-2/h2-9,12H,10-11H2,1H3;3-6H,1-2H3;2-6H,1H3;4*1-2H3. The normalized spacial score (nSPS) is 8.21. The first-order chi connectivity index (χ1) is 18.5. The van der Waals surface area contributed by atoms with Crippen molar-refractivity contribution in [3.05, 3.63) is 143 Å². The van der Waals surface area contributed by atoms with E-state index in [2.05, 4.69) is 119 Å². The smallest absolute Gasteiger partial charge is 0.0238 e. The maximum atomic E-state index is 2.27. The van der Waals surface area contributed by atoms with E-state index in [1.54, 1.807) is 0 Å². The second-order valence-corrected chi connectivity index (χ2v) is 7.79. The van der Waals surface area contributed by atoms with Crippen LogP contribution >= 0.6 is 0 Å². The van der Waals surface area contributed by atoms with Gasteiger partial charge in [0, 0.05) is 0 Å². The van der Waals surface area contributed by atoms with Crippen molar-refractivity contribution in [2.45, 2.75) is 95.9 Å². The Balaban J connectivity index is -0.000000455. The summed E-state index contributed by atoms with van der Waals surface area (Å²) in [5.74, 6) is 0. The highest BCUT2D eigenvalue weighted by molar-refractivity contribution is 5.24. The van der Waals surface area contributed by atoms with Gasteiger partial charge in [0.05, 0.1) is 0 Å². The van der Waals surface area contributed by atoms with Gasteiger partial charge in [-0.25, -0.2) is 0 Å². The Kier molecular flexibility index (Phi) is 31.2. The Hall–Kier alpha value is -3.12. The molecule has 0 amide bonds. The molecular weight excluding hydrogens is 456 g/mol. The zero-order valence-electron chi connectivity index (χ0n) is 26.8. The minimum absolute atomic E-state index is 1.13. The summed E-state index contributed by atoms with van der Waals surface area (Å²) in [7, 11) is 0. The van der Waals surface area contributed by atoms with Crippen LogP contribution in [0.15, 0.2) is 109 Å². The average Bonchev–Trinajstić information content (AvgIpc) is 2.98. The van der Waals surface area contributed by atoms with Crippen LogP contribution in [0.25, 0.3) is 0 Å². The van der Waals surface area contributed by atoms with Gasteiger partial charge in [-0.2, -0.15) is 0 Å². The summed E-state index contributed by atoms with van der Waals surface area (Å²) in [4.78, 5) is 0. The summed E-state index contributed by atoms with van der Waals surface area (Å²) in [5.41, 5.74) is 8.19. The molecule has 0 fully saturated rings. The van der Waals surface area contributed by atoms with E-state index in [0.717, 1.165) is 12.8 Å². The molecule has 0 bridgehead atoms. The van der Waals surface area contributed by atoms with E-state index in [1.165, 1.54) is 33.4 Å². The third-order valence-corrected chi connectivity index (χ3v) is 4.74. The van der Waals surface area contributed by atoms with Crippen molar-refractivity contribution >= 4 is 0 Å². The van der Waals surface area contributed by atoms with Crippen LogP contribution in [0, 0.1) is 27.7 Å². The minimum Gasteiger partial charge on any atom is -0.0683 e. The van der Waals surface area contributed by atoms with Crippen LogP contribution in [0.4, 0.5) is 0 Å². The van der Waals surface area contributed by atoms with Crippen LogP contribution in [-0.2, 0) is 12.8 Å². The Labute approximate surface area is 238 Å². The zero-order chi connectivity index (χ0) is 29.6. The molecule has 0 nitrogen and oxygen atoms in total. The fourth-order valence-corrected chi connectivity index (χ4v) is 3.14. The highest BCUT2D eigenvalue weighted by Gasteiger charge is 1.95. The van der Waals surface area contributed by atoms with Gasteiger partial charge in [-0.05, 0) is 51.7 Å². The molecule has 0 N–H and O–H groups in total. The van der Waals surface area contributed by atoms with Crippen molar-refractivity contribution in [2.75, 3.05) is 0 Å². The van der Waals surface area contributed by atoms with Crippen molar-refractivity contribution in [2.24, 2.45) is 0 Å². The quantitative estimate of drug-likeness (QED) is 0.255. The SMILES string of the molecule is CC.CC.CC.CC.Cc1cccc(C)c1.Cc1cccc(CCc2ccccc2)c1.Cc1ccccc1. The molecule has 4 rings (SSSR count). The van der Waals surface area contributed by atoms with Gasteiger partial charge in [-0.3, -0.25) is 0 Å². The van der Waals surface area contributed by atoms with Gasteiger partial charge >= 0.3 is 0 Å². The lowest BCUT2D eigenvalue weighted by molar-refractivity contribution is 0.958. The van der Waals surface area contributed by atoms with Crippen LogP contribution in [-0.4, -0.2) is 0 Å². The first kappa shape index (κ1) is 39.4. The molecule has 0 heterocycles. The Morgan fingerprint density at radius 3 is 0.974 bits per heavy atom. The zero-order valence-corrected chi connectivity index (χ0v) is 26.8. The number of benzene rings is 4. The van der Waals surface area contributed by atoms with Gasteiger partial charge in [-0.1, -0.05) is 187 Å². The molecule has 0 saturated carbocycles. The summed E-state index contributed by atoms with van der Waals surface area (Å²) in [5, 5.41) is 0. The molecule has 0 unspecified atom stereocenters. The average molecular weight is 515 g/mol. The number of rotatable bonds is 3. The maximum Gasteiger partial charge on any atom is -0.0238 e. The highest BCUT2D eigenvalue weighted by Crippen LogP contribution is 2.09. The third kappa shape index (κ3) is 23.3. The summed E-state index contributed by atoms with van der Waals surface area (Å²) in [6.45, 7) is 24.4. The van der Waals surface area contributed by atoms with Gasteiger partial charge in [-0.15, -0.1) is 0 Å². The summed E-state index contributed by atoms with van der Waals surface area (Å²) in [6.07, 6.45) is 2.26. The lowest BCUT2D eigenvalue weighted by atomic mass is 10.0. The van der Waals surface area contributed by atoms with Gasteiger partial charge in [0.15, 0.2) is 0 Å². The fourth-order valence-electron chi connectivity index (χ4n) is 3.14. The molecule has 0 heteroatoms. The van der Waals surface area contributed by atoms with E-state index in [-0.39, 0.29) is 0 Å². The molecule has 0 radical (unpaired) electrons. The van der Waals surface area contributed by atoms with E-state index in [0.29, 0.717) is 0 Å². The van der Waals surface area contributed by atoms with E-state index in [9.17, 15) is 0 Å². The van der Waals surface area contributed by atoms with Gasteiger partial charge < -0.3 is 0 Å². The topological polar surface area (TPSA) is 0 Å². The second kappa shape index (κ2) is 30.1. The molecule has 210 valence electrons. The number of hydrogen-bond acceptors (Lipinski definition) is 0. The molecule has 4 aromatic rings. The van der Waals surface area contributed by atoms with Crippen LogP contribution in [0.2, 0.25) is 0 Å². The van der Waals surface area contributed by atoms with Crippen molar-refractivity contribution in [1.29, 1.82) is 0 Å². The van der Waals surface area contributed by atoms with Crippen LogP contribution in [0.3, 0.4) is 0 Å². The lowest BCUT2D eigenvalue weighted by Crippen LogP contribution is -1.91. The van der Waals surface area contributed by atoms with E-state index >= 15 is 0 Å². The maximum absolute atomic E-state index is 2.27. The molecular formula is C38H58.